The van der Waals surface area contributed by atoms with E-state index in [2.05, 4.69) is 241 Å². The molecule has 0 radical (unpaired) electrons. The van der Waals surface area contributed by atoms with Crippen molar-refractivity contribution in [2.24, 2.45) is 0 Å². The maximum absolute atomic E-state index is 2.37. The Morgan fingerprint density at radius 2 is 0.656 bits per heavy atom. The van der Waals surface area contributed by atoms with Crippen molar-refractivity contribution in [3.63, 3.8) is 0 Å². The Hall–Kier alpha value is -8.00. The van der Waals surface area contributed by atoms with Gasteiger partial charge < -0.3 is 4.90 Å². The number of hydrogen-bond acceptors (Lipinski definition) is 1. The summed E-state index contributed by atoms with van der Waals surface area (Å²) in [5.74, 6) is 0. The van der Waals surface area contributed by atoms with Gasteiger partial charge in [-0.1, -0.05) is 182 Å². The van der Waals surface area contributed by atoms with Gasteiger partial charge in [0.1, 0.15) is 0 Å². The molecule has 0 bridgehead atoms. The minimum absolute atomic E-state index is 1.10. The van der Waals surface area contributed by atoms with Crippen molar-refractivity contribution < 1.29 is 0 Å². The summed E-state index contributed by atoms with van der Waals surface area (Å²) in [6, 6.07) is 86.7. The van der Waals surface area contributed by atoms with Crippen LogP contribution < -0.4 is 4.90 Å². The van der Waals surface area contributed by atoms with Crippen molar-refractivity contribution in [3.05, 3.63) is 237 Å². The van der Waals surface area contributed by atoms with E-state index in [-0.39, 0.29) is 0 Å². The zero-order valence-corrected chi connectivity index (χ0v) is 33.5. The zero-order chi connectivity index (χ0) is 40.3. The molecule has 0 spiro atoms. The monoisotopic (exact) mass is 773 g/mol. The van der Waals surface area contributed by atoms with Crippen LogP contribution in [0.1, 0.15) is 0 Å². The van der Waals surface area contributed by atoms with Gasteiger partial charge in [-0.3, -0.25) is 0 Å². The molecule has 1 aliphatic carbocycles. The van der Waals surface area contributed by atoms with E-state index in [9.17, 15) is 0 Å². The molecule has 0 unspecified atom stereocenters. The standard InChI is InChI=1S/C60H39N/c1-3-10-40(11-4-1)45-16-7-17-53(38-45)61(52-31-24-43(25-32-52)48-28-35-56-57-18-8-14-44-15-9-19-58(60(44)57)59(56)39-48)51-29-22-42(23-30-51)47-27-34-55-50(37-47)21-20-49-36-46(26-33-54(49)55)41-12-5-2-6-13-41/h1-39H. The fourth-order valence-corrected chi connectivity index (χ4v) is 9.54. The topological polar surface area (TPSA) is 3.24 Å². The summed E-state index contributed by atoms with van der Waals surface area (Å²) in [4.78, 5) is 2.37. The van der Waals surface area contributed by atoms with Crippen LogP contribution in [0.15, 0.2) is 237 Å². The van der Waals surface area contributed by atoms with Crippen molar-refractivity contribution in [2.45, 2.75) is 0 Å². The highest BCUT2D eigenvalue weighted by Gasteiger charge is 2.22. The molecular weight excluding hydrogens is 735 g/mol. The minimum atomic E-state index is 1.10. The summed E-state index contributed by atoms with van der Waals surface area (Å²) in [7, 11) is 0. The molecule has 284 valence electrons. The maximum atomic E-state index is 2.37. The van der Waals surface area contributed by atoms with Gasteiger partial charge in [0.05, 0.1) is 0 Å². The summed E-state index contributed by atoms with van der Waals surface area (Å²) in [5, 5.41) is 7.70. The van der Waals surface area contributed by atoms with E-state index in [1.165, 1.54) is 99.1 Å². The van der Waals surface area contributed by atoms with Gasteiger partial charge in [-0.2, -0.15) is 0 Å². The SMILES string of the molecule is c1ccc(-c2cccc(N(c3ccc(-c4ccc5c(c4)-c4cccc6cccc-5c46)cc3)c3ccc(-c4ccc5c(ccc6cc(-c7ccccc7)ccc65)c4)cc3)c2)cc1. The summed E-state index contributed by atoms with van der Waals surface area (Å²) in [6.45, 7) is 0. The maximum Gasteiger partial charge on any atom is 0.0467 e. The van der Waals surface area contributed by atoms with Crippen molar-refractivity contribution in [1.29, 1.82) is 0 Å². The lowest BCUT2D eigenvalue weighted by Gasteiger charge is -2.26. The molecule has 1 nitrogen and oxygen atoms in total. The van der Waals surface area contributed by atoms with E-state index in [4.69, 9.17) is 0 Å². The van der Waals surface area contributed by atoms with Crippen LogP contribution in [0.2, 0.25) is 0 Å². The smallest absolute Gasteiger partial charge is 0.0467 e. The first-order chi connectivity index (χ1) is 30.2. The van der Waals surface area contributed by atoms with Crippen molar-refractivity contribution >= 4 is 49.4 Å². The molecule has 0 saturated carbocycles. The largest absolute Gasteiger partial charge is 0.310 e. The Morgan fingerprint density at radius 1 is 0.213 bits per heavy atom. The minimum Gasteiger partial charge on any atom is -0.310 e. The van der Waals surface area contributed by atoms with Crippen LogP contribution in [0.4, 0.5) is 17.1 Å². The Kier molecular flexibility index (Phi) is 8.25. The van der Waals surface area contributed by atoms with E-state index in [0.29, 0.717) is 0 Å². The van der Waals surface area contributed by atoms with Gasteiger partial charge in [-0.05, 0) is 154 Å². The fraction of sp³-hybridized carbons (Fsp3) is 0. The van der Waals surface area contributed by atoms with Gasteiger partial charge in [-0.25, -0.2) is 0 Å². The highest BCUT2D eigenvalue weighted by atomic mass is 15.1. The van der Waals surface area contributed by atoms with E-state index in [1.807, 2.05) is 0 Å². The molecule has 1 heteroatoms. The molecule has 0 aromatic heterocycles. The lowest BCUT2D eigenvalue weighted by atomic mass is 9.95. The molecule has 0 saturated heterocycles. The summed E-state index contributed by atoms with van der Waals surface area (Å²) >= 11 is 0. The van der Waals surface area contributed by atoms with E-state index >= 15 is 0 Å². The van der Waals surface area contributed by atoms with Crippen molar-refractivity contribution in [1.82, 2.24) is 0 Å². The van der Waals surface area contributed by atoms with E-state index in [1.54, 1.807) is 0 Å². The first-order valence-electron chi connectivity index (χ1n) is 21.1. The molecular formula is C60H39N. The third kappa shape index (κ3) is 6.10. The molecule has 0 atom stereocenters. The fourth-order valence-electron chi connectivity index (χ4n) is 9.54. The molecule has 11 aromatic rings. The first-order valence-corrected chi connectivity index (χ1v) is 21.1. The Morgan fingerprint density at radius 3 is 1.23 bits per heavy atom. The molecule has 0 aliphatic heterocycles. The molecule has 12 rings (SSSR count). The number of nitrogens with zero attached hydrogens (tertiary/aromatic N) is 1. The molecule has 0 fully saturated rings. The number of hydrogen-bond donors (Lipinski definition) is 0. The highest BCUT2D eigenvalue weighted by Crippen LogP contribution is 2.48. The predicted molar refractivity (Wildman–Crippen MR) is 260 cm³/mol. The Labute approximate surface area is 356 Å². The second-order valence-corrected chi connectivity index (χ2v) is 16.1. The van der Waals surface area contributed by atoms with Gasteiger partial charge >= 0.3 is 0 Å². The quantitative estimate of drug-likeness (QED) is 0.146. The second kappa shape index (κ2) is 14.4. The van der Waals surface area contributed by atoms with Crippen molar-refractivity contribution in [3.8, 4) is 66.8 Å². The van der Waals surface area contributed by atoms with E-state index in [0.717, 1.165) is 17.1 Å². The number of fused-ring (bicyclic) bond motifs is 6. The average Bonchev–Trinajstić information content (AvgIpc) is 3.66. The molecule has 11 aromatic carbocycles. The van der Waals surface area contributed by atoms with Gasteiger partial charge in [0.2, 0.25) is 0 Å². The van der Waals surface area contributed by atoms with Gasteiger partial charge in [-0.15, -0.1) is 0 Å². The highest BCUT2D eigenvalue weighted by molar-refractivity contribution is 6.15. The molecule has 61 heavy (non-hydrogen) atoms. The van der Waals surface area contributed by atoms with Crippen LogP contribution >= 0.6 is 0 Å². The average molecular weight is 774 g/mol. The molecule has 0 heterocycles. The molecule has 0 amide bonds. The van der Waals surface area contributed by atoms with Gasteiger partial charge in [0, 0.05) is 17.1 Å². The lowest BCUT2D eigenvalue weighted by molar-refractivity contribution is 1.28. The Bertz CT molecular complexity index is 3430. The first kappa shape index (κ1) is 35.0. The normalized spacial score (nSPS) is 11.6. The van der Waals surface area contributed by atoms with E-state index < -0.39 is 0 Å². The molecule has 1 aliphatic rings. The van der Waals surface area contributed by atoms with Crippen LogP contribution in [-0.2, 0) is 0 Å². The Balaban J connectivity index is 0.892. The number of anilines is 3. The van der Waals surface area contributed by atoms with Gasteiger partial charge in [0.25, 0.3) is 0 Å². The number of rotatable bonds is 7. The van der Waals surface area contributed by atoms with Gasteiger partial charge in [0.15, 0.2) is 0 Å². The van der Waals surface area contributed by atoms with Crippen LogP contribution in [0.5, 0.6) is 0 Å². The van der Waals surface area contributed by atoms with Crippen LogP contribution in [0.25, 0.3) is 99.1 Å². The molecule has 0 N–H and O–H groups in total. The third-order valence-corrected chi connectivity index (χ3v) is 12.6. The number of benzene rings is 11. The van der Waals surface area contributed by atoms with Crippen LogP contribution in [0, 0.1) is 0 Å². The second-order valence-electron chi connectivity index (χ2n) is 16.1. The summed E-state index contributed by atoms with van der Waals surface area (Å²) < 4.78 is 0. The van der Waals surface area contributed by atoms with Crippen LogP contribution in [0.3, 0.4) is 0 Å². The zero-order valence-electron chi connectivity index (χ0n) is 33.5. The van der Waals surface area contributed by atoms with Crippen LogP contribution in [-0.4, -0.2) is 0 Å². The third-order valence-electron chi connectivity index (χ3n) is 12.6. The lowest BCUT2D eigenvalue weighted by Crippen LogP contribution is -2.10. The summed E-state index contributed by atoms with van der Waals surface area (Å²) in [5.41, 5.74) is 18.3. The summed E-state index contributed by atoms with van der Waals surface area (Å²) in [6.07, 6.45) is 0. The van der Waals surface area contributed by atoms with Crippen molar-refractivity contribution in [2.75, 3.05) is 4.90 Å². The predicted octanol–water partition coefficient (Wildman–Crippen LogP) is 16.9.